The molecule has 0 spiro atoms. The number of rotatable bonds is 5. The molecule has 0 bridgehead atoms. The van der Waals surface area contributed by atoms with Crippen LogP contribution in [-0.4, -0.2) is 59.9 Å². The van der Waals surface area contributed by atoms with Gasteiger partial charge in [0.25, 0.3) is 23.9 Å². The van der Waals surface area contributed by atoms with Gasteiger partial charge in [0.15, 0.2) is 0 Å². The minimum Gasteiger partial charge on any atom is -0.336 e. The van der Waals surface area contributed by atoms with Gasteiger partial charge in [-0.3, -0.25) is 14.4 Å². The Bertz CT molecular complexity index is 1180. The van der Waals surface area contributed by atoms with Gasteiger partial charge in [0.2, 0.25) is 0 Å². The molecule has 1 atom stereocenters. The van der Waals surface area contributed by atoms with E-state index >= 15 is 0 Å². The number of carbonyl (C=O) groups excluding carboxylic acids is 3. The van der Waals surface area contributed by atoms with Crippen molar-refractivity contribution in [3.05, 3.63) is 88.9 Å². The molecule has 0 saturated carbocycles. The Morgan fingerprint density at radius 3 is 1.97 bits per heavy atom. The van der Waals surface area contributed by atoms with Crippen LogP contribution in [0.15, 0.2) is 83.3 Å². The number of alkyl halides is 1. The summed E-state index contributed by atoms with van der Waals surface area (Å²) < 4.78 is 15.4. The first-order chi connectivity index (χ1) is 16.4. The van der Waals surface area contributed by atoms with Crippen molar-refractivity contribution in [3.63, 3.8) is 0 Å². The van der Waals surface area contributed by atoms with Crippen LogP contribution in [0.4, 0.5) is 10.1 Å². The number of hydrogen-bond acceptors (Lipinski definition) is 3. The summed E-state index contributed by atoms with van der Waals surface area (Å²) in [6.45, 7) is 0.853. The van der Waals surface area contributed by atoms with Gasteiger partial charge in [0, 0.05) is 36.3 Å². The molecule has 1 saturated heterocycles. The molecule has 1 aliphatic heterocycles. The lowest BCUT2D eigenvalue weighted by Crippen LogP contribution is -2.53. The maximum Gasteiger partial charge on any atom is 0.268 e. The second-order valence-electron chi connectivity index (χ2n) is 7.89. The number of carbonyl (C=O) groups is 3. The van der Waals surface area contributed by atoms with Crippen LogP contribution in [0.2, 0.25) is 0 Å². The predicted molar refractivity (Wildman–Crippen MR) is 132 cm³/mol. The Morgan fingerprint density at radius 1 is 0.765 bits per heavy atom. The first kappa shape index (κ1) is 23.6. The Labute approximate surface area is 205 Å². The number of amides is 3. The van der Waals surface area contributed by atoms with Gasteiger partial charge in [0.1, 0.15) is 0 Å². The van der Waals surface area contributed by atoms with Crippen molar-refractivity contribution < 1.29 is 18.8 Å². The summed E-state index contributed by atoms with van der Waals surface area (Å²) in [5.41, 5.74) is 2.92. The molecular formula is C26H23BrFN3O3. The molecule has 3 aromatic rings. The molecule has 0 radical (unpaired) electrons. The summed E-state index contributed by atoms with van der Waals surface area (Å²) in [4.78, 5) is 40.5. The fourth-order valence-corrected chi connectivity index (χ4v) is 4.24. The van der Waals surface area contributed by atoms with Crippen LogP contribution in [-0.2, 0) is 9.59 Å². The average Bonchev–Trinajstić information content (AvgIpc) is 2.88. The van der Waals surface area contributed by atoms with Gasteiger partial charge >= 0.3 is 0 Å². The van der Waals surface area contributed by atoms with Gasteiger partial charge in [-0.1, -0.05) is 54.6 Å². The Kier molecular flexibility index (Phi) is 7.37. The number of nitrogens with one attached hydrogen (secondary N) is 1. The van der Waals surface area contributed by atoms with Gasteiger partial charge in [-0.05, 0) is 51.3 Å². The third-order valence-corrected chi connectivity index (χ3v) is 6.38. The summed E-state index contributed by atoms with van der Waals surface area (Å²) in [5, 5.41) is 2.46. The standard InChI is InChI=1S/C26H23BrFN3O3/c27-22-9-5-4-8-21(22)25(33)30-14-16-31(17-15-30)26(34)23(28)24(32)29-20-12-10-19(11-13-20)18-6-2-1-3-7-18/h1-13,23H,14-17H2,(H,29,32). The van der Waals surface area contributed by atoms with E-state index < -0.39 is 18.0 Å². The third-order valence-electron chi connectivity index (χ3n) is 5.69. The van der Waals surface area contributed by atoms with Crippen molar-refractivity contribution in [1.82, 2.24) is 9.80 Å². The zero-order chi connectivity index (χ0) is 24.1. The second-order valence-corrected chi connectivity index (χ2v) is 8.75. The highest BCUT2D eigenvalue weighted by Gasteiger charge is 2.33. The van der Waals surface area contributed by atoms with E-state index in [0.29, 0.717) is 15.7 Å². The molecule has 4 rings (SSSR count). The predicted octanol–water partition coefficient (Wildman–Crippen LogP) is 4.38. The van der Waals surface area contributed by atoms with Crippen molar-refractivity contribution in [2.24, 2.45) is 0 Å². The highest BCUT2D eigenvalue weighted by atomic mass is 79.9. The Balaban J connectivity index is 1.31. The quantitative estimate of drug-likeness (QED) is 0.504. The molecule has 1 heterocycles. The number of piperazine rings is 1. The van der Waals surface area contributed by atoms with E-state index in [1.807, 2.05) is 48.5 Å². The number of nitrogens with zero attached hydrogens (tertiary/aromatic N) is 2. The van der Waals surface area contributed by atoms with Crippen molar-refractivity contribution in [3.8, 4) is 11.1 Å². The molecule has 3 amide bonds. The van der Waals surface area contributed by atoms with Crippen LogP contribution >= 0.6 is 15.9 Å². The van der Waals surface area contributed by atoms with Gasteiger partial charge in [-0.25, -0.2) is 4.39 Å². The first-order valence-corrected chi connectivity index (χ1v) is 11.7. The monoisotopic (exact) mass is 523 g/mol. The van der Waals surface area contributed by atoms with Gasteiger partial charge < -0.3 is 15.1 Å². The van der Waals surface area contributed by atoms with E-state index in [1.165, 1.54) is 4.90 Å². The minimum absolute atomic E-state index is 0.159. The molecule has 174 valence electrons. The van der Waals surface area contributed by atoms with Gasteiger partial charge in [-0.2, -0.15) is 0 Å². The van der Waals surface area contributed by atoms with Crippen molar-refractivity contribution in [1.29, 1.82) is 0 Å². The molecule has 1 aliphatic rings. The van der Waals surface area contributed by atoms with E-state index in [1.54, 1.807) is 35.2 Å². The molecule has 1 unspecified atom stereocenters. The fraction of sp³-hybridized carbons (Fsp3) is 0.192. The number of anilines is 1. The minimum atomic E-state index is -2.32. The van der Waals surface area contributed by atoms with Crippen LogP contribution in [0, 0.1) is 0 Å². The van der Waals surface area contributed by atoms with Crippen LogP contribution in [0.1, 0.15) is 10.4 Å². The molecule has 6 nitrogen and oxygen atoms in total. The normalized spacial score (nSPS) is 14.4. The van der Waals surface area contributed by atoms with E-state index in [-0.39, 0.29) is 32.1 Å². The number of hydrogen-bond donors (Lipinski definition) is 1. The Morgan fingerprint density at radius 2 is 1.32 bits per heavy atom. The van der Waals surface area contributed by atoms with E-state index in [2.05, 4.69) is 21.2 Å². The zero-order valence-electron chi connectivity index (χ0n) is 18.3. The molecule has 3 aromatic carbocycles. The van der Waals surface area contributed by atoms with Crippen LogP contribution < -0.4 is 5.32 Å². The Hall–Kier alpha value is -3.52. The second kappa shape index (κ2) is 10.6. The van der Waals surface area contributed by atoms with Crippen molar-refractivity contribution >= 4 is 39.3 Å². The smallest absolute Gasteiger partial charge is 0.268 e. The van der Waals surface area contributed by atoms with E-state index in [9.17, 15) is 18.8 Å². The van der Waals surface area contributed by atoms with Gasteiger partial charge in [-0.15, -0.1) is 0 Å². The fourth-order valence-electron chi connectivity index (χ4n) is 3.79. The summed E-state index contributed by atoms with van der Waals surface area (Å²) in [6.07, 6.45) is -2.32. The summed E-state index contributed by atoms with van der Waals surface area (Å²) in [6, 6.07) is 23.8. The molecule has 0 aliphatic carbocycles. The SMILES string of the molecule is O=C(Nc1ccc(-c2ccccc2)cc1)C(F)C(=O)N1CCN(C(=O)c2ccccc2Br)CC1. The molecule has 0 aromatic heterocycles. The highest BCUT2D eigenvalue weighted by molar-refractivity contribution is 9.10. The number of halogens is 2. The summed E-state index contributed by atoms with van der Waals surface area (Å²) >= 11 is 3.37. The third kappa shape index (κ3) is 5.34. The summed E-state index contributed by atoms with van der Waals surface area (Å²) in [7, 11) is 0. The largest absolute Gasteiger partial charge is 0.336 e. The lowest BCUT2D eigenvalue weighted by molar-refractivity contribution is -0.142. The first-order valence-electron chi connectivity index (χ1n) is 10.9. The lowest BCUT2D eigenvalue weighted by Gasteiger charge is -2.35. The number of benzene rings is 3. The maximum atomic E-state index is 14.7. The molecule has 1 N–H and O–H groups in total. The zero-order valence-corrected chi connectivity index (χ0v) is 19.9. The van der Waals surface area contributed by atoms with Crippen LogP contribution in [0.3, 0.4) is 0 Å². The van der Waals surface area contributed by atoms with Gasteiger partial charge in [0.05, 0.1) is 5.56 Å². The van der Waals surface area contributed by atoms with E-state index in [4.69, 9.17) is 0 Å². The topological polar surface area (TPSA) is 69.7 Å². The summed E-state index contributed by atoms with van der Waals surface area (Å²) in [5.74, 6) is -2.07. The van der Waals surface area contributed by atoms with E-state index in [0.717, 1.165) is 11.1 Å². The van der Waals surface area contributed by atoms with Crippen LogP contribution in [0.5, 0.6) is 0 Å². The molecule has 8 heteroatoms. The molecule has 1 fully saturated rings. The molecule has 34 heavy (non-hydrogen) atoms. The highest BCUT2D eigenvalue weighted by Crippen LogP contribution is 2.22. The van der Waals surface area contributed by atoms with Crippen LogP contribution in [0.25, 0.3) is 11.1 Å². The molecular weight excluding hydrogens is 501 g/mol. The van der Waals surface area contributed by atoms with Crippen molar-refractivity contribution in [2.75, 3.05) is 31.5 Å². The van der Waals surface area contributed by atoms with Crippen molar-refractivity contribution in [2.45, 2.75) is 6.17 Å². The average molecular weight is 524 g/mol. The lowest BCUT2D eigenvalue weighted by atomic mass is 10.1. The maximum absolute atomic E-state index is 14.7.